The fourth-order valence-electron chi connectivity index (χ4n) is 4.93. The SMILES string of the molecule is O=S(=O)(O)c1ccccc1C(F)(F)F.c1ccc(-c2ccc3c(c2-c2ccccc2)Cc2ccccc2-3)cc1. The summed E-state index contributed by atoms with van der Waals surface area (Å²) in [7, 11) is -4.84. The van der Waals surface area contributed by atoms with Crippen molar-refractivity contribution in [3.8, 4) is 33.4 Å². The molecule has 0 bridgehead atoms. The summed E-state index contributed by atoms with van der Waals surface area (Å²) < 4.78 is 66.2. The van der Waals surface area contributed by atoms with E-state index < -0.39 is 26.8 Å². The zero-order valence-corrected chi connectivity index (χ0v) is 21.4. The number of hydrogen-bond acceptors (Lipinski definition) is 2. The Morgan fingerprint density at radius 3 is 1.74 bits per heavy atom. The summed E-state index contributed by atoms with van der Waals surface area (Å²) in [6.07, 6.45) is -3.79. The second-order valence-electron chi connectivity index (χ2n) is 9.05. The van der Waals surface area contributed by atoms with Gasteiger partial charge in [0.1, 0.15) is 4.90 Å². The van der Waals surface area contributed by atoms with Gasteiger partial charge in [0.05, 0.1) is 5.56 Å². The number of rotatable bonds is 3. The van der Waals surface area contributed by atoms with E-state index in [-0.39, 0.29) is 0 Å². The summed E-state index contributed by atoms with van der Waals surface area (Å²) in [6.45, 7) is 0. The molecular weight excluding hydrogens is 521 g/mol. The fourth-order valence-corrected chi connectivity index (χ4v) is 5.64. The zero-order chi connectivity index (χ0) is 27.6. The van der Waals surface area contributed by atoms with Crippen molar-refractivity contribution in [1.29, 1.82) is 0 Å². The van der Waals surface area contributed by atoms with E-state index >= 15 is 0 Å². The quantitative estimate of drug-likeness (QED) is 0.227. The molecule has 5 aromatic carbocycles. The topological polar surface area (TPSA) is 54.4 Å². The van der Waals surface area contributed by atoms with E-state index in [0.29, 0.717) is 12.1 Å². The van der Waals surface area contributed by atoms with Crippen LogP contribution in [0.4, 0.5) is 13.2 Å². The predicted molar refractivity (Wildman–Crippen MR) is 147 cm³/mol. The number of benzene rings is 5. The molecule has 39 heavy (non-hydrogen) atoms. The van der Waals surface area contributed by atoms with Gasteiger partial charge in [-0.1, -0.05) is 109 Å². The molecular formula is C32H23F3O3S. The normalized spacial score (nSPS) is 12.2. The van der Waals surface area contributed by atoms with Crippen LogP contribution >= 0.6 is 0 Å². The van der Waals surface area contributed by atoms with Gasteiger partial charge >= 0.3 is 6.18 Å². The second kappa shape index (κ2) is 10.5. The third-order valence-corrected chi connectivity index (χ3v) is 7.52. The first-order valence-corrected chi connectivity index (χ1v) is 13.6. The lowest BCUT2D eigenvalue weighted by Crippen LogP contribution is -2.12. The third kappa shape index (κ3) is 5.50. The van der Waals surface area contributed by atoms with Crippen LogP contribution in [-0.4, -0.2) is 13.0 Å². The van der Waals surface area contributed by atoms with Crippen LogP contribution in [-0.2, 0) is 22.7 Å². The van der Waals surface area contributed by atoms with E-state index in [4.69, 9.17) is 4.55 Å². The first-order chi connectivity index (χ1) is 18.6. The first-order valence-electron chi connectivity index (χ1n) is 12.1. The largest absolute Gasteiger partial charge is 0.417 e. The number of alkyl halides is 3. The molecule has 7 heteroatoms. The lowest BCUT2D eigenvalue weighted by Gasteiger charge is -2.16. The van der Waals surface area contributed by atoms with E-state index in [0.717, 1.165) is 18.6 Å². The van der Waals surface area contributed by atoms with E-state index in [1.54, 1.807) is 0 Å². The Morgan fingerprint density at radius 1 is 0.590 bits per heavy atom. The zero-order valence-electron chi connectivity index (χ0n) is 20.6. The van der Waals surface area contributed by atoms with Gasteiger partial charge in [-0.2, -0.15) is 21.6 Å². The number of fused-ring (bicyclic) bond motifs is 3. The van der Waals surface area contributed by atoms with Crippen LogP contribution in [0, 0.1) is 0 Å². The molecule has 0 radical (unpaired) electrons. The monoisotopic (exact) mass is 544 g/mol. The molecule has 5 aromatic rings. The summed E-state index contributed by atoms with van der Waals surface area (Å²) >= 11 is 0. The molecule has 1 aliphatic carbocycles. The maximum atomic E-state index is 12.2. The molecule has 0 heterocycles. The molecule has 0 aromatic heterocycles. The molecule has 6 rings (SSSR count). The molecule has 0 spiro atoms. The second-order valence-corrected chi connectivity index (χ2v) is 10.4. The third-order valence-electron chi connectivity index (χ3n) is 6.61. The summed E-state index contributed by atoms with van der Waals surface area (Å²) in [5.74, 6) is 0. The molecule has 196 valence electrons. The standard InChI is InChI=1S/C25H18.C7H5F3O3S/c1-3-9-18(10-4-1)22-15-16-23-21-14-8-7-13-20(21)17-24(23)25(22)19-11-5-2-6-12-19;8-7(9,10)5-3-1-2-4-6(5)14(11,12)13/h1-16H,17H2;1-4H,(H,11,12,13). The highest BCUT2D eigenvalue weighted by Crippen LogP contribution is 2.45. The van der Waals surface area contributed by atoms with Crippen molar-refractivity contribution in [2.45, 2.75) is 17.5 Å². The Kier molecular flexibility index (Phi) is 7.12. The average molecular weight is 545 g/mol. The van der Waals surface area contributed by atoms with Crippen molar-refractivity contribution in [3.63, 3.8) is 0 Å². The highest BCUT2D eigenvalue weighted by atomic mass is 32.2. The number of halogens is 3. The van der Waals surface area contributed by atoms with E-state index in [1.807, 2.05) is 0 Å². The fraction of sp³-hybridized carbons (Fsp3) is 0.0625. The maximum Gasteiger partial charge on any atom is 0.417 e. The summed E-state index contributed by atoms with van der Waals surface area (Å²) in [5, 5.41) is 0. The molecule has 0 saturated heterocycles. The van der Waals surface area contributed by atoms with Crippen molar-refractivity contribution in [1.82, 2.24) is 0 Å². The average Bonchev–Trinajstić information content (AvgIpc) is 3.32. The highest BCUT2D eigenvalue weighted by Gasteiger charge is 2.36. The lowest BCUT2D eigenvalue weighted by atomic mass is 9.88. The van der Waals surface area contributed by atoms with Gasteiger partial charge in [0.2, 0.25) is 0 Å². The van der Waals surface area contributed by atoms with E-state index in [1.165, 1.54) is 44.5 Å². The van der Waals surface area contributed by atoms with Gasteiger partial charge in [-0.05, 0) is 63.1 Å². The Labute approximate surface area is 225 Å². The van der Waals surface area contributed by atoms with Crippen molar-refractivity contribution in [3.05, 3.63) is 138 Å². The van der Waals surface area contributed by atoms with Crippen molar-refractivity contribution >= 4 is 10.1 Å². The Hall–Kier alpha value is -4.20. The molecule has 1 N–H and O–H groups in total. The maximum absolute atomic E-state index is 12.2. The summed E-state index contributed by atoms with van der Waals surface area (Å²) in [4.78, 5) is -1.13. The molecule has 3 nitrogen and oxygen atoms in total. The lowest BCUT2D eigenvalue weighted by molar-refractivity contribution is -0.140. The minimum atomic E-state index is -4.84. The van der Waals surface area contributed by atoms with Crippen LogP contribution < -0.4 is 0 Å². The highest BCUT2D eigenvalue weighted by molar-refractivity contribution is 7.85. The molecule has 0 unspecified atom stereocenters. The Morgan fingerprint density at radius 2 is 1.13 bits per heavy atom. The van der Waals surface area contributed by atoms with E-state index in [2.05, 4.69) is 97.1 Å². The minimum Gasteiger partial charge on any atom is -0.282 e. The van der Waals surface area contributed by atoms with Crippen molar-refractivity contribution in [2.75, 3.05) is 0 Å². The smallest absolute Gasteiger partial charge is 0.282 e. The number of hydrogen-bond donors (Lipinski definition) is 1. The van der Waals surface area contributed by atoms with Crippen LogP contribution in [0.3, 0.4) is 0 Å². The van der Waals surface area contributed by atoms with Crippen molar-refractivity contribution in [2.24, 2.45) is 0 Å². The van der Waals surface area contributed by atoms with Crippen LogP contribution in [0.1, 0.15) is 16.7 Å². The van der Waals surface area contributed by atoms with Gasteiger partial charge in [0.15, 0.2) is 0 Å². The molecule has 0 fully saturated rings. The van der Waals surface area contributed by atoms with Gasteiger partial charge in [0, 0.05) is 0 Å². The van der Waals surface area contributed by atoms with Gasteiger partial charge in [-0.25, -0.2) is 0 Å². The van der Waals surface area contributed by atoms with Crippen molar-refractivity contribution < 1.29 is 26.1 Å². The first kappa shape index (κ1) is 26.4. The molecule has 1 aliphatic rings. The molecule has 0 amide bonds. The predicted octanol–water partition coefficient (Wildman–Crippen LogP) is 8.54. The van der Waals surface area contributed by atoms with Crippen LogP contribution in [0.2, 0.25) is 0 Å². The summed E-state index contributed by atoms with van der Waals surface area (Å²) in [6, 6.07) is 38.3. The molecule has 0 atom stereocenters. The van der Waals surface area contributed by atoms with Crippen LogP contribution in [0.5, 0.6) is 0 Å². The van der Waals surface area contributed by atoms with Crippen LogP contribution in [0.15, 0.2) is 126 Å². The van der Waals surface area contributed by atoms with Gasteiger partial charge in [-0.3, -0.25) is 4.55 Å². The van der Waals surface area contributed by atoms with Gasteiger partial charge in [-0.15, -0.1) is 0 Å². The Bertz CT molecular complexity index is 1730. The molecule has 0 aliphatic heterocycles. The van der Waals surface area contributed by atoms with E-state index in [9.17, 15) is 21.6 Å². The van der Waals surface area contributed by atoms with Crippen LogP contribution in [0.25, 0.3) is 33.4 Å². The Balaban J connectivity index is 0.000000189. The van der Waals surface area contributed by atoms with Gasteiger partial charge in [0.25, 0.3) is 10.1 Å². The minimum absolute atomic E-state index is 0.586. The summed E-state index contributed by atoms with van der Waals surface area (Å²) in [5.41, 5.74) is 9.55. The molecule has 0 saturated carbocycles. The van der Waals surface area contributed by atoms with Gasteiger partial charge < -0.3 is 0 Å².